The average Bonchev–Trinajstić information content (AvgIpc) is 3.25. The Bertz CT molecular complexity index is 1520. The molecule has 5 rings (SSSR count). The van der Waals surface area contributed by atoms with Crippen molar-refractivity contribution in [3.05, 3.63) is 86.0 Å². The lowest BCUT2D eigenvalue weighted by Crippen LogP contribution is -2.28. The summed E-state index contributed by atoms with van der Waals surface area (Å²) in [6, 6.07) is 12.0. The monoisotopic (exact) mass is 493 g/mol. The van der Waals surface area contributed by atoms with Crippen LogP contribution in [0.25, 0.3) is 10.9 Å². The molecule has 0 fully saturated rings. The van der Waals surface area contributed by atoms with Crippen molar-refractivity contribution >= 4 is 34.1 Å². The summed E-state index contributed by atoms with van der Waals surface area (Å²) in [7, 11) is 3.26. The van der Waals surface area contributed by atoms with Crippen LogP contribution in [-0.4, -0.2) is 21.6 Å². The van der Waals surface area contributed by atoms with Crippen LogP contribution in [0.2, 0.25) is 5.15 Å². The van der Waals surface area contributed by atoms with Crippen LogP contribution >= 0.6 is 11.6 Å². The molecule has 0 spiro atoms. The molecule has 0 saturated heterocycles. The maximum absolute atomic E-state index is 13.8. The lowest BCUT2D eigenvalue weighted by atomic mass is 10.0. The predicted octanol–water partition coefficient (Wildman–Crippen LogP) is 5.13. The summed E-state index contributed by atoms with van der Waals surface area (Å²) in [6.07, 6.45) is 0. The Balaban J connectivity index is 1.59. The Morgan fingerprint density at radius 1 is 1.11 bits per heavy atom. The number of hydrogen-bond donors (Lipinski definition) is 1. The first-order chi connectivity index (χ1) is 16.7. The lowest BCUT2D eigenvalue weighted by molar-refractivity contribution is 0.399. The van der Waals surface area contributed by atoms with Gasteiger partial charge < -0.3 is 15.0 Å². The van der Waals surface area contributed by atoms with Crippen LogP contribution in [0.1, 0.15) is 35.2 Å². The Morgan fingerprint density at radius 2 is 1.89 bits per heavy atom. The molecule has 35 heavy (non-hydrogen) atoms. The molecule has 0 unspecified atom stereocenters. The number of ether oxygens (including phenoxy) is 1. The zero-order valence-corrected chi connectivity index (χ0v) is 20.7. The van der Waals surface area contributed by atoms with Crippen molar-refractivity contribution < 1.29 is 9.13 Å². The molecule has 2 aromatic heterocycles. The van der Waals surface area contributed by atoms with E-state index in [1.807, 2.05) is 30.9 Å². The molecule has 1 aliphatic rings. The maximum atomic E-state index is 13.8. The standard InChI is InChI=1S/C26H25ClFN5O2/c1-14-9-19(15(2)29-21-7-8-22(27)30-24(21)35-4)23-20(10-14)25(34)32(3)26(31-23)33-12-16-5-6-18(28)11-17(16)13-33/h5-11,15,29H,12-13H2,1-4H3/t15-/m1/s1. The molecule has 3 heterocycles. The predicted molar refractivity (Wildman–Crippen MR) is 136 cm³/mol. The third kappa shape index (κ3) is 4.18. The van der Waals surface area contributed by atoms with E-state index in [0.29, 0.717) is 46.7 Å². The normalized spacial score (nSPS) is 13.7. The number of aryl methyl sites for hydroxylation is 1. The first-order valence-electron chi connectivity index (χ1n) is 11.3. The fraction of sp³-hybridized carbons (Fsp3) is 0.269. The molecule has 0 saturated carbocycles. The molecule has 7 nitrogen and oxygen atoms in total. The van der Waals surface area contributed by atoms with Crippen LogP contribution in [0.5, 0.6) is 5.88 Å². The largest absolute Gasteiger partial charge is 0.479 e. The van der Waals surface area contributed by atoms with Crippen molar-refractivity contribution in [2.75, 3.05) is 17.3 Å². The molecule has 0 radical (unpaired) electrons. The highest BCUT2D eigenvalue weighted by atomic mass is 35.5. The maximum Gasteiger partial charge on any atom is 0.262 e. The molecule has 0 bridgehead atoms. The third-order valence-corrected chi connectivity index (χ3v) is 6.57. The number of pyridine rings is 1. The Kier molecular flexibility index (Phi) is 5.84. The zero-order chi connectivity index (χ0) is 24.9. The zero-order valence-electron chi connectivity index (χ0n) is 19.9. The van der Waals surface area contributed by atoms with Gasteiger partial charge in [-0.3, -0.25) is 9.36 Å². The molecule has 4 aromatic rings. The van der Waals surface area contributed by atoms with E-state index in [4.69, 9.17) is 21.3 Å². The van der Waals surface area contributed by atoms with Crippen LogP contribution in [0.15, 0.2) is 47.3 Å². The van der Waals surface area contributed by atoms with Gasteiger partial charge in [0.1, 0.15) is 11.0 Å². The van der Waals surface area contributed by atoms with Gasteiger partial charge >= 0.3 is 0 Å². The van der Waals surface area contributed by atoms with Gasteiger partial charge in [0.25, 0.3) is 5.56 Å². The van der Waals surface area contributed by atoms with Crippen molar-refractivity contribution in [2.45, 2.75) is 33.0 Å². The van der Waals surface area contributed by atoms with Gasteiger partial charge in [0.2, 0.25) is 11.8 Å². The van der Waals surface area contributed by atoms with Gasteiger partial charge in [-0.25, -0.2) is 9.37 Å². The Labute approximate surface area is 207 Å². The van der Waals surface area contributed by atoms with Gasteiger partial charge in [-0.05, 0) is 60.9 Å². The van der Waals surface area contributed by atoms with Gasteiger partial charge in [-0.2, -0.15) is 4.98 Å². The second kappa shape index (κ2) is 8.85. The third-order valence-electron chi connectivity index (χ3n) is 6.36. The topological polar surface area (TPSA) is 72.3 Å². The van der Waals surface area contributed by atoms with Crippen LogP contribution in [0.4, 0.5) is 16.0 Å². The van der Waals surface area contributed by atoms with Gasteiger partial charge in [0.15, 0.2) is 0 Å². The minimum Gasteiger partial charge on any atom is -0.479 e. The number of hydrogen-bond acceptors (Lipinski definition) is 6. The summed E-state index contributed by atoms with van der Waals surface area (Å²) in [5, 5.41) is 4.30. The second-order valence-electron chi connectivity index (χ2n) is 8.85. The SMILES string of the molecule is COc1nc(Cl)ccc1N[C@H](C)c1cc(C)cc2c(=O)n(C)c(N3Cc4ccc(F)cc4C3)nc12. The molecule has 9 heteroatoms. The fourth-order valence-electron chi connectivity index (χ4n) is 4.65. The van der Waals surface area contributed by atoms with Crippen LogP contribution < -0.4 is 20.5 Å². The highest BCUT2D eigenvalue weighted by Gasteiger charge is 2.25. The summed E-state index contributed by atoms with van der Waals surface area (Å²) in [5.74, 6) is 0.658. The molecular weight excluding hydrogens is 469 g/mol. The van der Waals surface area contributed by atoms with Gasteiger partial charge in [-0.15, -0.1) is 0 Å². The Morgan fingerprint density at radius 3 is 2.66 bits per heavy atom. The first-order valence-corrected chi connectivity index (χ1v) is 11.6. The smallest absolute Gasteiger partial charge is 0.262 e. The van der Waals surface area contributed by atoms with E-state index in [1.165, 1.54) is 13.2 Å². The van der Waals surface area contributed by atoms with E-state index in [-0.39, 0.29) is 17.4 Å². The van der Waals surface area contributed by atoms with E-state index in [2.05, 4.69) is 10.3 Å². The van der Waals surface area contributed by atoms with Crippen LogP contribution in [-0.2, 0) is 20.1 Å². The van der Waals surface area contributed by atoms with E-state index in [1.54, 1.807) is 35.9 Å². The van der Waals surface area contributed by atoms with Gasteiger partial charge in [-0.1, -0.05) is 23.7 Å². The number of benzene rings is 2. The number of rotatable bonds is 5. The number of methoxy groups -OCH3 is 1. The van der Waals surface area contributed by atoms with Crippen molar-refractivity contribution in [3.63, 3.8) is 0 Å². The van der Waals surface area contributed by atoms with Crippen molar-refractivity contribution in [1.29, 1.82) is 0 Å². The van der Waals surface area contributed by atoms with Crippen molar-refractivity contribution in [1.82, 2.24) is 14.5 Å². The average molecular weight is 494 g/mol. The number of fused-ring (bicyclic) bond motifs is 2. The summed E-state index contributed by atoms with van der Waals surface area (Å²) < 4.78 is 20.7. The summed E-state index contributed by atoms with van der Waals surface area (Å²) in [4.78, 5) is 24.6. The van der Waals surface area contributed by atoms with Crippen molar-refractivity contribution in [3.8, 4) is 5.88 Å². The van der Waals surface area contributed by atoms with E-state index < -0.39 is 0 Å². The summed E-state index contributed by atoms with van der Waals surface area (Å²) in [6.45, 7) is 5.00. The number of anilines is 2. The van der Waals surface area contributed by atoms with Crippen molar-refractivity contribution in [2.24, 2.45) is 7.05 Å². The number of nitrogens with zero attached hydrogens (tertiary/aromatic N) is 4. The minimum absolute atomic E-state index is 0.130. The van der Waals surface area contributed by atoms with Gasteiger partial charge in [0.05, 0.1) is 29.7 Å². The molecule has 2 aromatic carbocycles. The van der Waals surface area contributed by atoms with E-state index in [0.717, 1.165) is 22.3 Å². The van der Waals surface area contributed by atoms with Crippen LogP contribution in [0, 0.1) is 12.7 Å². The molecule has 1 atom stereocenters. The fourth-order valence-corrected chi connectivity index (χ4v) is 4.79. The highest BCUT2D eigenvalue weighted by molar-refractivity contribution is 6.29. The summed E-state index contributed by atoms with van der Waals surface area (Å²) in [5.41, 5.74) is 4.94. The number of aromatic nitrogens is 3. The molecule has 0 amide bonds. The first kappa shape index (κ1) is 23.1. The highest BCUT2D eigenvalue weighted by Crippen LogP contribution is 2.33. The number of halogens is 2. The quantitative estimate of drug-likeness (QED) is 0.388. The summed E-state index contributed by atoms with van der Waals surface area (Å²) >= 11 is 6.01. The Hall–Kier alpha value is -3.65. The lowest BCUT2D eigenvalue weighted by Gasteiger charge is -2.23. The minimum atomic E-state index is -0.268. The van der Waals surface area contributed by atoms with Crippen LogP contribution in [0.3, 0.4) is 0 Å². The van der Waals surface area contributed by atoms with E-state index >= 15 is 0 Å². The second-order valence-corrected chi connectivity index (χ2v) is 9.24. The molecule has 1 aliphatic heterocycles. The molecular formula is C26H25ClFN5O2. The molecule has 180 valence electrons. The molecule has 1 N–H and O–H groups in total. The van der Waals surface area contributed by atoms with Gasteiger partial charge in [0, 0.05) is 25.7 Å². The number of nitrogens with one attached hydrogen (secondary N) is 1. The molecule has 0 aliphatic carbocycles. The van der Waals surface area contributed by atoms with E-state index in [9.17, 15) is 9.18 Å².